The van der Waals surface area contributed by atoms with Crippen molar-refractivity contribution in [1.29, 1.82) is 0 Å². The van der Waals surface area contributed by atoms with E-state index in [1.165, 1.54) is 30.0 Å². The van der Waals surface area contributed by atoms with Crippen LogP contribution in [-0.2, 0) is 27.1 Å². The van der Waals surface area contributed by atoms with Crippen LogP contribution in [0.3, 0.4) is 0 Å². The molecule has 0 bridgehead atoms. The fourth-order valence-electron chi connectivity index (χ4n) is 6.60. The van der Waals surface area contributed by atoms with E-state index in [1.807, 2.05) is 24.3 Å². The summed E-state index contributed by atoms with van der Waals surface area (Å²) in [5.74, 6) is -3.53. The number of carbonyl (C=O) groups excluding carboxylic acids is 3. The Labute approximate surface area is 277 Å². The molecule has 1 aliphatic carbocycles. The van der Waals surface area contributed by atoms with Crippen LogP contribution in [-0.4, -0.2) is 41.3 Å². The summed E-state index contributed by atoms with van der Waals surface area (Å²) in [4.78, 5) is 41.2. The van der Waals surface area contributed by atoms with Crippen molar-refractivity contribution in [2.45, 2.75) is 83.3 Å². The highest BCUT2D eigenvalue weighted by atomic mass is 19.4. The molecule has 48 heavy (non-hydrogen) atoms. The van der Waals surface area contributed by atoms with E-state index in [0.717, 1.165) is 43.5 Å². The van der Waals surface area contributed by atoms with Crippen LogP contribution in [0.1, 0.15) is 84.1 Å². The molecule has 0 unspecified atom stereocenters. The molecule has 12 heteroatoms. The summed E-state index contributed by atoms with van der Waals surface area (Å²) in [6, 6.07) is 13.6. The van der Waals surface area contributed by atoms with Gasteiger partial charge in [0.05, 0.1) is 23.1 Å². The number of nitrogens with two attached hydrogens (primary N) is 1. The molecular formula is C36H40F4N4O4. The van der Waals surface area contributed by atoms with Crippen LogP contribution in [0.15, 0.2) is 60.7 Å². The Hall–Kier alpha value is -4.45. The van der Waals surface area contributed by atoms with Crippen LogP contribution in [0.5, 0.6) is 0 Å². The molecule has 256 valence electrons. The topological polar surface area (TPSA) is 114 Å². The van der Waals surface area contributed by atoms with E-state index in [-0.39, 0.29) is 23.4 Å². The third-order valence-corrected chi connectivity index (χ3v) is 9.07. The number of amides is 2. The van der Waals surface area contributed by atoms with Gasteiger partial charge in [0.15, 0.2) is 0 Å². The van der Waals surface area contributed by atoms with Gasteiger partial charge in [0.1, 0.15) is 18.5 Å². The Kier molecular flexibility index (Phi) is 10.7. The van der Waals surface area contributed by atoms with Crippen molar-refractivity contribution in [3.05, 3.63) is 94.3 Å². The van der Waals surface area contributed by atoms with Gasteiger partial charge in [-0.3, -0.25) is 14.4 Å². The average Bonchev–Trinajstić information content (AvgIpc) is 3.56. The number of halogens is 4. The first-order valence-electron chi connectivity index (χ1n) is 16.2. The Morgan fingerprint density at radius 2 is 1.67 bits per heavy atom. The molecule has 3 atom stereocenters. The highest BCUT2D eigenvalue weighted by molar-refractivity contribution is 5.98. The second kappa shape index (κ2) is 14.8. The van der Waals surface area contributed by atoms with Crippen molar-refractivity contribution < 1.29 is 36.7 Å². The van der Waals surface area contributed by atoms with Gasteiger partial charge in [0.25, 0.3) is 5.91 Å². The highest BCUT2D eigenvalue weighted by Crippen LogP contribution is 2.40. The number of carbonyl (C=O) groups is 3. The monoisotopic (exact) mass is 668 g/mol. The molecule has 8 nitrogen and oxygen atoms in total. The van der Waals surface area contributed by atoms with E-state index in [4.69, 9.17) is 10.5 Å². The number of nitrogens with one attached hydrogen (secondary N) is 2. The first kappa shape index (κ1) is 34.9. The van der Waals surface area contributed by atoms with Gasteiger partial charge in [-0.15, -0.1) is 0 Å². The van der Waals surface area contributed by atoms with Gasteiger partial charge >= 0.3 is 12.1 Å². The molecule has 4 N–H and O–H groups in total. The zero-order chi connectivity index (χ0) is 34.6. The minimum absolute atomic E-state index is 0.0850. The van der Waals surface area contributed by atoms with Gasteiger partial charge in [-0.1, -0.05) is 43.2 Å². The second-order valence-corrected chi connectivity index (χ2v) is 12.6. The van der Waals surface area contributed by atoms with E-state index in [9.17, 15) is 27.6 Å². The maximum atomic E-state index is 15.0. The molecule has 2 aliphatic rings. The lowest BCUT2D eigenvalue weighted by atomic mass is 9.83. The van der Waals surface area contributed by atoms with E-state index < -0.39 is 59.9 Å². The maximum Gasteiger partial charge on any atom is 0.416 e. The van der Waals surface area contributed by atoms with E-state index in [0.29, 0.717) is 30.0 Å². The summed E-state index contributed by atoms with van der Waals surface area (Å²) in [5.41, 5.74) is 5.88. The number of anilines is 2. The molecule has 1 aliphatic heterocycles. The minimum atomic E-state index is -4.81. The molecule has 5 rings (SSSR count). The third-order valence-electron chi connectivity index (χ3n) is 9.07. The van der Waals surface area contributed by atoms with Crippen LogP contribution >= 0.6 is 0 Å². The maximum absolute atomic E-state index is 15.0. The Morgan fingerprint density at radius 3 is 2.31 bits per heavy atom. The molecule has 1 saturated carbocycles. The zero-order valence-electron chi connectivity index (χ0n) is 26.9. The van der Waals surface area contributed by atoms with Crippen LogP contribution < -0.4 is 16.4 Å². The number of alkyl halides is 3. The van der Waals surface area contributed by atoms with Crippen molar-refractivity contribution in [1.82, 2.24) is 4.90 Å². The first-order chi connectivity index (χ1) is 22.8. The quantitative estimate of drug-likeness (QED) is 0.165. The molecule has 0 spiro atoms. The van der Waals surface area contributed by atoms with Gasteiger partial charge in [-0.25, -0.2) is 4.39 Å². The van der Waals surface area contributed by atoms with Gasteiger partial charge in [0, 0.05) is 29.5 Å². The fraction of sp³-hybridized carbons (Fsp3) is 0.417. The summed E-state index contributed by atoms with van der Waals surface area (Å²) < 4.78 is 62.1. The number of likely N-dealkylation sites (tertiary alicyclic amines) is 1. The SMILES string of the molecule is Cc1cccc(F)c1C(=O)N1CCC[C@H](C(=O)Nc2ccc(COC(=O)[C@@H](C)N)c(C(F)(F)F)c2)[C@@H]1c1ccc(NC2CCCC2)cc1. The normalized spacial score (nSPS) is 19.1. The van der Waals surface area contributed by atoms with Crippen molar-refractivity contribution in [2.75, 3.05) is 17.2 Å². The first-order valence-corrected chi connectivity index (χ1v) is 16.2. The van der Waals surface area contributed by atoms with Gasteiger partial charge in [-0.05, 0) is 81.0 Å². The minimum Gasteiger partial charge on any atom is -0.460 e. The zero-order valence-corrected chi connectivity index (χ0v) is 26.9. The number of aryl methyl sites for hydroxylation is 1. The standard InChI is InChI=1S/C36H40F4N4O4/c1-21-7-5-11-30(37)31(21)34(46)44-18-6-10-28(32(44)23-12-15-26(16-13-23)42-25-8-3-4-9-25)33(45)43-27-17-14-24(20-48-35(47)22(2)41)29(19-27)36(38,39)40/h5,7,11-17,19,22,25,28,32,42H,3-4,6,8-10,18,20,41H2,1-2H3,(H,43,45)/t22-,28+,32+/m1/s1. The van der Waals surface area contributed by atoms with Crippen LogP contribution in [0.2, 0.25) is 0 Å². The summed E-state index contributed by atoms with van der Waals surface area (Å²) in [5, 5.41) is 6.14. The molecule has 2 fully saturated rings. The predicted octanol–water partition coefficient (Wildman–Crippen LogP) is 7.13. The number of piperidine rings is 1. The molecule has 0 aromatic heterocycles. The van der Waals surface area contributed by atoms with E-state index in [1.54, 1.807) is 13.0 Å². The fourth-order valence-corrected chi connectivity index (χ4v) is 6.60. The number of rotatable bonds is 9. The number of hydrogen-bond acceptors (Lipinski definition) is 6. The number of benzene rings is 3. The summed E-state index contributed by atoms with van der Waals surface area (Å²) in [6.07, 6.45) is 0.435. The summed E-state index contributed by atoms with van der Waals surface area (Å²) in [7, 11) is 0. The van der Waals surface area contributed by atoms with Crippen molar-refractivity contribution >= 4 is 29.2 Å². The Balaban J connectivity index is 1.45. The van der Waals surface area contributed by atoms with Crippen LogP contribution in [0.4, 0.5) is 28.9 Å². The van der Waals surface area contributed by atoms with Crippen molar-refractivity contribution in [2.24, 2.45) is 11.7 Å². The van der Waals surface area contributed by atoms with Crippen molar-refractivity contribution in [3.8, 4) is 0 Å². The molecule has 3 aromatic rings. The number of esters is 1. The third kappa shape index (κ3) is 7.98. The predicted molar refractivity (Wildman–Crippen MR) is 173 cm³/mol. The smallest absolute Gasteiger partial charge is 0.416 e. The van der Waals surface area contributed by atoms with Crippen molar-refractivity contribution in [3.63, 3.8) is 0 Å². The molecule has 2 amide bonds. The number of hydrogen-bond donors (Lipinski definition) is 3. The largest absolute Gasteiger partial charge is 0.460 e. The second-order valence-electron chi connectivity index (χ2n) is 12.6. The molecule has 1 heterocycles. The van der Waals surface area contributed by atoms with Gasteiger partial charge in [0.2, 0.25) is 5.91 Å². The molecule has 3 aromatic carbocycles. The molecule has 0 radical (unpaired) electrons. The van der Waals surface area contributed by atoms with Gasteiger partial charge in [-0.2, -0.15) is 13.2 Å². The lowest BCUT2D eigenvalue weighted by Gasteiger charge is -2.41. The number of nitrogens with zero attached hydrogens (tertiary/aromatic N) is 1. The Bertz CT molecular complexity index is 1620. The van der Waals surface area contributed by atoms with Gasteiger partial charge < -0.3 is 26.0 Å². The summed E-state index contributed by atoms with van der Waals surface area (Å²) >= 11 is 0. The van der Waals surface area contributed by atoms with E-state index >= 15 is 4.39 Å². The summed E-state index contributed by atoms with van der Waals surface area (Å²) in [6.45, 7) is 2.61. The lowest BCUT2D eigenvalue weighted by Crippen LogP contribution is -2.46. The number of ether oxygens (including phenoxy) is 1. The lowest BCUT2D eigenvalue weighted by molar-refractivity contribution is -0.148. The molecule has 1 saturated heterocycles. The van der Waals surface area contributed by atoms with Crippen LogP contribution in [0.25, 0.3) is 0 Å². The van der Waals surface area contributed by atoms with Crippen LogP contribution in [0, 0.1) is 18.7 Å². The average molecular weight is 669 g/mol. The van der Waals surface area contributed by atoms with E-state index in [2.05, 4.69) is 10.6 Å². The Morgan fingerprint density at radius 1 is 0.979 bits per heavy atom. The molecular weight excluding hydrogens is 628 g/mol. The highest BCUT2D eigenvalue weighted by Gasteiger charge is 2.41.